The minimum Gasteiger partial charge on any atom is -0.493 e. The molecule has 0 aromatic heterocycles. The van der Waals surface area contributed by atoms with Crippen LogP contribution in [0.5, 0.6) is 17.2 Å². The summed E-state index contributed by atoms with van der Waals surface area (Å²) in [6.07, 6.45) is 0.203. The molecule has 0 aliphatic carbocycles. The van der Waals surface area contributed by atoms with E-state index in [2.05, 4.69) is 5.32 Å². The van der Waals surface area contributed by atoms with Crippen molar-refractivity contribution in [2.24, 2.45) is 0 Å². The summed E-state index contributed by atoms with van der Waals surface area (Å²) in [6, 6.07) is 17.3. The van der Waals surface area contributed by atoms with Crippen LogP contribution >= 0.6 is 11.8 Å². The lowest BCUT2D eigenvalue weighted by Crippen LogP contribution is -2.38. The molecule has 4 rings (SSSR count). The van der Waals surface area contributed by atoms with E-state index in [1.165, 1.54) is 0 Å². The number of anilines is 2. The molecular formula is C28H30N2O5S. The lowest BCUT2D eigenvalue weighted by atomic mass is 10.1. The van der Waals surface area contributed by atoms with E-state index in [4.69, 9.17) is 14.2 Å². The van der Waals surface area contributed by atoms with Crippen molar-refractivity contribution >= 4 is 35.0 Å². The van der Waals surface area contributed by atoms with Crippen LogP contribution in [0.15, 0.2) is 59.5 Å². The predicted molar refractivity (Wildman–Crippen MR) is 143 cm³/mol. The first-order chi connectivity index (χ1) is 17.3. The SMILES string of the molecule is COc1cc([C@H]2CC(=O)N(CC(=O)Nc3cc(C)cc(C)c3)c3ccccc3S2)cc(OC)c1OC. The van der Waals surface area contributed by atoms with Gasteiger partial charge in [0, 0.05) is 22.3 Å². The number of amides is 2. The zero-order chi connectivity index (χ0) is 25.8. The van der Waals surface area contributed by atoms with Crippen molar-refractivity contribution in [1.29, 1.82) is 0 Å². The summed E-state index contributed by atoms with van der Waals surface area (Å²) in [6.45, 7) is 3.89. The van der Waals surface area contributed by atoms with Gasteiger partial charge in [-0.05, 0) is 66.9 Å². The predicted octanol–water partition coefficient (Wildman–Crippen LogP) is 5.54. The third-order valence-corrected chi connectivity index (χ3v) is 7.27. The second kappa shape index (κ2) is 11.0. The van der Waals surface area contributed by atoms with E-state index in [0.29, 0.717) is 17.2 Å². The Hall–Kier alpha value is -3.65. The molecule has 7 nitrogen and oxygen atoms in total. The normalized spacial score (nSPS) is 15.1. The topological polar surface area (TPSA) is 77.1 Å². The summed E-state index contributed by atoms with van der Waals surface area (Å²) in [4.78, 5) is 29.0. The number of aryl methyl sites for hydroxylation is 2. The molecule has 0 spiro atoms. The fourth-order valence-corrected chi connectivity index (χ4v) is 5.68. The standard InChI is InChI=1S/C28H30N2O5S/c1-17-10-18(2)12-20(11-17)29-26(31)16-30-21-8-6-7-9-24(21)36-25(15-27(30)32)19-13-22(33-3)28(35-5)23(14-19)34-4/h6-14,25H,15-16H2,1-5H3,(H,29,31)/t25-/m1/s1. The van der Waals surface area contributed by atoms with Crippen molar-refractivity contribution < 1.29 is 23.8 Å². The number of benzene rings is 3. The minimum absolute atomic E-state index is 0.0780. The number of nitrogens with one attached hydrogen (secondary N) is 1. The van der Waals surface area contributed by atoms with Crippen LogP contribution in [0, 0.1) is 13.8 Å². The number of nitrogens with zero attached hydrogens (tertiary/aromatic N) is 1. The molecule has 3 aromatic rings. The molecule has 0 bridgehead atoms. The van der Waals surface area contributed by atoms with E-state index < -0.39 is 0 Å². The van der Waals surface area contributed by atoms with Gasteiger partial charge in [0.15, 0.2) is 11.5 Å². The fraction of sp³-hybridized carbons (Fsp3) is 0.286. The van der Waals surface area contributed by atoms with Gasteiger partial charge in [-0.1, -0.05) is 18.2 Å². The highest BCUT2D eigenvalue weighted by Gasteiger charge is 2.31. The number of hydrogen-bond donors (Lipinski definition) is 1. The number of para-hydroxylation sites is 1. The summed E-state index contributed by atoms with van der Waals surface area (Å²) >= 11 is 1.58. The molecule has 0 saturated carbocycles. The van der Waals surface area contributed by atoms with Crippen LogP contribution in [0.4, 0.5) is 11.4 Å². The molecule has 0 saturated heterocycles. The molecule has 36 heavy (non-hydrogen) atoms. The van der Waals surface area contributed by atoms with Crippen LogP contribution in [0.25, 0.3) is 0 Å². The summed E-state index contributed by atoms with van der Waals surface area (Å²) in [7, 11) is 4.69. The lowest BCUT2D eigenvalue weighted by molar-refractivity contribution is -0.121. The Balaban J connectivity index is 1.63. The third-order valence-electron chi connectivity index (χ3n) is 5.95. The number of ether oxygens (including phenoxy) is 3. The van der Waals surface area contributed by atoms with E-state index >= 15 is 0 Å². The number of carbonyl (C=O) groups is 2. The first-order valence-electron chi connectivity index (χ1n) is 11.6. The number of fused-ring (bicyclic) bond motifs is 1. The van der Waals surface area contributed by atoms with Crippen LogP contribution in [0.3, 0.4) is 0 Å². The van der Waals surface area contributed by atoms with Gasteiger partial charge >= 0.3 is 0 Å². The molecule has 8 heteroatoms. The van der Waals surface area contributed by atoms with Crippen LogP contribution in [-0.2, 0) is 9.59 Å². The van der Waals surface area contributed by atoms with Gasteiger partial charge < -0.3 is 24.4 Å². The highest BCUT2D eigenvalue weighted by molar-refractivity contribution is 7.99. The number of methoxy groups -OCH3 is 3. The zero-order valence-corrected chi connectivity index (χ0v) is 21.9. The number of carbonyl (C=O) groups excluding carboxylic acids is 2. The van der Waals surface area contributed by atoms with Gasteiger partial charge in [-0.15, -0.1) is 11.8 Å². The third kappa shape index (κ3) is 5.44. The van der Waals surface area contributed by atoms with Crippen molar-refractivity contribution in [2.45, 2.75) is 30.4 Å². The van der Waals surface area contributed by atoms with Gasteiger partial charge in [-0.25, -0.2) is 0 Å². The summed E-state index contributed by atoms with van der Waals surface area (Å²) < 4.78 is 16.5. The zero-order valence-electron chi connectivity index (χ0n) is 21.1. The molecule has 188 valence electrons. The molecular weight excluding hydrogens is 476 g/mol. The van der Waals surface area contributed by atoms with Gasteiger partial charge in [-0.3, -0.25) is 9.59 Å². The van der Waals surface area contributed by atoms with E-state index in [9.17, 15) is 9.59 Å². The second-order valence-corrected chi connectivity index (χ2v) is 9.89. The Morgan fingerprint density at radius 1 is 0.972 bits per heavy atom. The molecule has 0 unspecified atom stereocenters. The van der Waals surface area contributed by atoms with Crippen molar-refractivity contribution in [2.75, 3.05) is 38.1 Å². The van der Waals surface area contributed by atoms with E-state index in [0.717, 1.165) is 33.0 Å². The fourth-order valence-electron chi connectivity index (χ4n) is 4.42. The first kappa shape index (κ1) is 25.4. The van der Waals surface area contributed by atoms with Gasteiger partial charge in [0.25, 0.3) is 0 Å². The van der Waals surface area contributed by atoms with Gasteiger partial charge in [0.2, 0.25) is 17.6 Å². The molecule has 1 aliphatic rings. The second-order valence-electron chi connectivity index (χ2n) is 8.64. The van der Waals surface area contributed by atoms with Crippen molar-refractivity contribution in [3.8, 4) is 17.2 Å². The molecule has 0 fully saturated rings. The molecule has 1 atom stereocenters. The van der Waals surface area contributed by atoms with Crippen molar-refractivity contribution in [3.05, 3.63) is 71.3 Å². The van der Waals surface area contributed by atoms with E-state index in [-0.39, 0.29) is 30.0 Å². The smallest absolute Gasteiger partial charge is 0.244 e. The molecule has 1 N–H and O–H groups in total. The van der Waals surface area contributed by atoms with E-state index in [1.54, 1.807) is 38.0 Å². The quantitative estimate of drug-likeness (QED) is 0.454. The van der Waals surface area contributed by atoms with Crippen LogP contribution in [-0.4, -0.2) is 39.7 Å². The monoisotopic (exact) mass is 506 g/mol. The number of thioether (sulfide) groups is 1. The maximum Gasteiger partial charge on any atom is 0.244 e. The summed E-state index contributed by atoms with van der Waals surface area (Å²) in [5, 5.41) is 2.73. The maximum atomic E-state index is 13.5. The van der Waals surface area contributed by atoms with Gasteiger partial charge in [-0.2, -0.15) is 0 Å². The van der Waals surface area contributed by atoms with Crippen molar-refractivity contribution in [1.82, 2.24) is 0 Å². The average Bonchev–Trinajstić information content (AvgIpc) is 2.98. The first-order valence-corrected chi connectivity index (χ1v) is 12.4. The lowest BCUT2D eigenvalue weighted by Gasteiger charge is -2.22. The highest BCUT2D eigenvalue weighted by Crippen LogP contribution is 2.49. The summed E-state index contributed by atoms with van der Waals surface area (Å²) in [5.74, 6) is 1.17. The van der Waals surface area contributed by atoms with Crippen molar-refractivity contribution in [3.63, 3.8) is 0 Å². The molecule has 2 amide bonds. The van der Waals surface area contributed by atoms with Crippen LogP contribution < -0.4 is 24.4 Å². The van der Waals surface area contributed by atoms with E-state index in [1.807, 2.05) is 68.4 Å². The maximum absolute atomic E-state index is 13.5. The number of hydrogen-bond acceptors (Lipinski definition) is 6. The Morgan fingerprint density at radius 2 is 1.61 bits per heavy atom. The Kier molecular flexibility index (Phi) is 7.74. The van der Waals surface area contributed by atoms with Gasteiger partial charge in [0.1, 0.15) is 6.54 Å². The van der Waals surface area contributed by atoms with Crippen LogP contribution in [0.1, 0.15) is 28.4 Å². The molecule has 1 aliphatic heterocycles. The largest absolute Gasteiger partial charge is 0.493 e. The Bertz CT molecular complexity index is 1250. The number of rotatable bonds is 7. The Labute approximate surface area is 215 Å². The molecule has 0 radical (unpaired) electrons. The molecule has 1 heterocycles. The van der Waals surface area contributed by atoms with Gasteiger partial charge in [0.05, 0.1) is 27.0 Å². The Morgan fingerprint density at radius 3 is 2.22 bits per heavy atom. The van der Waals surface area contributed by atoms with Crippen LogP contribution in [0.2, 0.25) is 0 Å². The minimum atomic E-state index is -0.251. The average molecular weight is 507 g/mol. The molecule has 3 aromatic carbocycles. The highest BCUT2D eigenvalue weighted by atomic mass is 32.2. The summed E-state index contributed by atoms with van der Waals surface area (Å²) in [5.41, 5.74) is 4.44.